The molecule has 1 radical (unpaired) electrons. The Morgan fingerprint density at radius 3 is 2.92 bits per heavy atom. The molecule has 1 aliphatic rings. The van der Waals surface area contributed by atoms with Crippen molar-refractivity contribution in [1.29, 1.82) is 0 Å². The Morgan fingerprint density at radius 2 is 2.08 bits per heavy atom. The number of benzene rings is 1. The fraction of sp³-hybridized carbons (Fsp3) is 0.263. The fourth-order valence-electron chi connectivity index (χ4n) is 3.07. The lowest BCUT2D eigenvalue weighted by molar-refractivity contribution is 0.135. The molecule has 0 spiro atoms. The number of hydrogen-bond donors (Lipinski definition) is 1. The van der Waals surface area contributed by atoms with Crippen LogP contribution < -0.4 is 14.8 Å². The molecule has 0 saturated heterocycles. The van der Waals surface area contributed by atoms with E-state index in [0.717, 1.165) is 44.9 Å². The van der Waals surface area contributed by atoms with Crippen LogP contribution in [0.1, 0.15) is 16.7 Å². The molecule has 0 bridgehead atoms. The summed E-state index contributed by atoms with van der Waals surface area (Å²) < 4.78 is 16.3. The van der Waals surface area contributed by atoms with Crippen LogP contribution in [0.2, 0.25) is 0 Å². The van der Waals surface area contributed by atoms with E-state index in [-0.39, 0.29) is 0 Å². The van der Waals surface area contributed by atoms with E-state index in [0.29, 0.717) is 19.8 Å². The molecule has 6 heteroatoms. The molecular formula is C19H18N3O3. The highest BCUT2D eigenvalue weighted by molar-refractivity contribution is 5.85. The summed E-state index contributed by atoms with van der Waals surface area (Å²) in [5, 5.41) is 4.47. The molecule has 4 rings (SSSR count). The predicted octanol–water partition coefficient (Wildman–Crippen LogP) is 3.09. The maximum absolute atomic E-state index is 5.64. The van der Waals surface area contributed by atoms with E-state index < -0.39 is 0 Å². The zero-order valence-electron chi connectivity index (χ0n) is 14.1. The zero-order chi connectivity index (χ0) is 17.2. The van der Waals surface area contributed by atoms with Gasteiger partial charge in [0.2, 0.25) is 0 Å². The number of pyridine rings is 2. The monoisotopic (exact) mass is 336 g/mol. The van der Waals surface area contributed by atoms with E-state index in [9.17, 15) is 0 Å². The average Bonchev–Trinajstić information content (AvgIpc) is 3.16. The molecule has 0 fully saturated rings. The van der Waals surface area contributed by atoms with Gasteiger partial charge in [0, 0.05) is 29.1 Å². The molecule has 3 heterocycles. The maximum Gasteiger partial charge on any atom is 0.132 e. The molecule has 6 nitrogen and oxygen atoms in total. The summed E-state index contributed by atoms with van der Waals surface area (Å²) >= 11 is 0. The van der Waals surface area contributed by atoms with Crippen LogP contribution in [0.5, 0.6) is 11.5 Å². The number of hydrogen-bond acceptors (Lipinski definition) is 6. The number of methoxy groups -OCH3 is 2. The van der Waals surface area contributed by atoms with Crippen molar-refractivity contribution in [2.75, 3.05) is 19.5 Å². The highest BCUT2D eigenvalue weighted by Crippen LogP contribution is 2.33. The number of fused-ring (bicyclic) bond motifs is 3. The Labute approximate surface area is 145 Å². The Bertz CT molecular complexity index is 927. The molecule has 1 aliphatic heterocycles. The molecule has 2 aromatic heterocycles. The van der Waals surface area contributed by atoms with Crippen molar-refractivity contribution in [2.24, 2.45) is 0 Å². The van der Waals surface area contributed by atoms with E-state index in [1.165, 1.54) is 0 Å². The smallest absolute Gasteiger partial charge is 0.132 e. The molecule has 0 aliphatic carbocycles. The highest BCUT2D eigenvalue weighted by Gasteiger charge is 2.20. The standard InChI is InChI=1S/C19H18N3O3/c1-23-13-4-3-12(18(7-13)24-2)8-21-19-16-11-25-10-15(16)14-5-6-20-9-17(14)22-19/h3-5,7,9H,8,10-11H2,1-2H3,(H,21,22). The van der Waals surface area contributed by atoms with Crippen LogP contribution in [-0.4, -0.2) is 24.2 Å². The average molecular weight is 336 g/mol. The molecule has 3 aromatic rings. The van der Waals surface area contributed by atoms with Crippen LogP contribution in [-0.2, 0) is 24.5 Å². The topological polar surface area (TPSA) is 65.5 Å². The molecule has 0 saturated carbocycles. The van der Waals surface area contributed by atoms with Gasteiger partial charge in [-0.05, 0) is 23.8 Å². The first-order valence-corrected chi connectivity index (χ1v) is 8.00. The summed E-state index contributed by atoms with van der Waals surface area (Å²) in [6.07, 6.45) is 4.60. The molecule has 1 N–H and O–H groups in total. The summed E-state index contributed by atoms with van der Waals surface area (Å²) in [6, 6.07) is 7.64. The minimum atomic E-state index is 0.558. The Morgan fingerprint density at radius 1 is 1.20 bits per heavy atom. The van der Waals surface area contributed by atoms with Crippen LogP contribution in [0.25, 0.3) is 10.9 Å². The zero-order valence-corrected chi connectivity index (χ0v) is 14.1. The molecule has 0 atom stereocenters. The first-order valence-electron chi connectivity index (χ1n) is 8.00. The van der Waals surface area contributed by atoms with Gasteiger partial charge in [0.05, 0.1) is 45.3 Å². The first kappa shape index (κ1) is 15.7. The normalized spacial score (nSPS) is 12.9. The third-order valence-electron chi connectivity index (χ3n) is 4.39. The second-order valence-corrected chi connectivity index (χ2v) is 5.77. The molecule has 1 aromatic carbocycles. The van der Waals surface area contributed by atoms with Gasteiger partial charge >= 0.3 is 0 Å². The van der Waals surface area contributed by atoms with Crippen molar-refractivity contribution in [2.45, 2.75) is 19.8 Å². The largest absolute Gasteiger partial charge is 0.497 e. The van der Waals surface area contributed by atoms with Gasteiger partial charge in [0.15, 0.2) is 0 Å². The number of ether oxygens (including phenoxy) is 3. The van der Waals surface area contributed by atoms with Crippen molar-refractivity contribution in [3.05, 3.63) is 53.3 Å². The number of nitrogens with one attached hydrogen (secondary N) is 1. The van der Waals surface area contributed by atoms with Crippen molar-refractivity contribution in [3.8, 4) is 11.5 Å². The first-order chi connectivity index (χ1) is 12.3. The van der Waals surface area contributed by atoms with Crippen LogP contribution >= 0.6 is 0 Å². The number of rotatable bonds is 5. The van der Waals surface area contributed by atoms with Crippen molar-refractivity contribution >= 4 is 16.7 Å². The van der Waals surface area contributed by atoms with E-state index in [2.05, 4.69) is 16.5 Å². The SMILES string of the molecule is COc1ccc(CNc2nc3cn[c]cc3c3c2COC3)c(OC)c1. The molecule has 0 amide bonds. The summed E-state index contributed by atoms with van der Waals surface area (Å²) in [4.78, 5) is 8.77. The quantitative estimate of drug-likeness (QED) is 0.772. The molecule has 25 heavy (non-hydrogen) atoms. The molecule has 0 unspecified atom stereocenters. The number of nitrogens with zero attached hydrogens (tertiary/aromatic N) is 2. The summed E-state index contributed by atoms with van der Waals surface area (Å²) in [5.41, 5.74) is 4.12. The van der Waals surface area contributed by atoms with Gasteiger partial charge in [-0.2, -0.15) is 0 Å². The van der Waals surface area contributed by atoms with Gasteiger partial charge in [-0.15, -0.1) is 0 Å². The van der Waals surface area contributed by atoms with Gasteiger partial charge in [-0.3, -0.25) is 4.98 Å². The van der Waals surface area contributed by atoms with Crippen LogP contribution in [0.3, 0.4) is 0 Å². The minimum Gasteiger partial charge on any atom is -0.497 e. The minimum absolute atomic E-state index is 0.558. The van der Waals surface area contributed by atoms with Crippen LogP contribution in [0.15, 0.2) is 30.5 Å². The third-order valence-corrected chi connectivity index (χ3v) is 4.39. The lowest BCUT2D eigenvalue weighted by Gasteiger charge is -2.14. The highest BCUT2D eigenvalue weighted by atomic mass is 16.5. The van der Waals surface area contributed by atoms with Crippen molar-refractivity contribution in [1.82, 2.24) is 9.97 Å². The van der Waals surface area contributed by atoms with Gasteiger partial charge in [-0.1, -0.05) is 0 Å². The molecule has 127 valence electrons. The van der Waals surface area contributed by atoms with Gasteiger partial charge < -0.3 is 19.5 Å². The predicted molar refractivity (Wildman–Crippen MR) is 93.7 cm³/mol. The Hall–Kier alpha value is -2.86. The summed E-state index contributed by atoms with van der Waals surface area (Å²) in [7, 11) is 3.29. The second-order valence-electron chi connectivity index (χ2n) is 5.77. The van der Waals surface area contributed by atoms with Crippen LogP contribution in [0.4, 0.5) is 5.82 Å². The maximum atomic E-state index is 5.64. The summed E-state index contributed by atoms with van der Waals surface area (Å²) in [6.45, 7) is 1.74. The number of anilines is 1. The van der Waals surface area contributed by atoms with Gasteiger partial charge in [-0.25, -0.2) is 4.98 Å². The van der Waals surface area contributed by atoms with Crippen molar-refractivity contribution in [3.63, 3.8) is 0 Å². The Balaban J connectivity index is 1.66. The number of aromatic nitrogens is 2. The second kappa shape index (κ2) is 6.57. The lowest BCUT2D eigenvalue weighted by Crippen LogP contribution is -2.07. The summed E-state index contributed by atoms with van der Waals surface area (Å²) in [5.74, 6) is 2.36. The lowest BCUT2D eigenvalue weighted by atomic mass is 10.1. The molecular weight excluding hydrogens is 318 g/mol. The van der Waals surface area contributed by atoms with Crippen LogP contribution in [0, 0.1) is 6.20 Å². The van der Waals surface area contributed by atoms with E-state index >= 15 is 0 Å². The van der Waals surface area contributed by atoms with Gasteiger partial charge in [0.25, 0.3) is 0 Å². The van der Waals surface area contributed by atoms with Gasteiger partial charge in [0.1, 0.15) is 17.3 Å². The van der Waals surface area contributed by atoms with Crippen molar-refractivity contribution < 1.29 is 14.2 Å². The van der Waals surface area contributed by atoms with E-state index in [4.69, 9.17) is 19.2 Å². The Kier molecular flexibility index (Phi) is 4.11. The third kappa shape index (κ3) is 2.85. The van der Waals surface area contributed by atoms with E-state index in [1.54, 1.807) is 20.4 Å². The van der Waals surface area contributed by atoms with E-state index in [1.807, 2.05) is 24.3 Å². The fourth-order valence-corrected chi connectivity index (χ4v) is 3.07.